The van der Waals surface area contributed by atoms with Gasteiger partial charge in [-0.1, -0.05) is 6.08 Å². The summed E-state index contributed by atoms with van der Waals surface area (Å²) in [4.78, 5) is 15.9. The average molecular weight is 298 g/mol. The Labute approximate surface area is 110 Å². The van der Waals surface area contributed by atoms with Gasteiger partial charge < -0.3 is 4.74 Å². The van der Waals surface area contributed by atoms with Gasteiger partial charge in [0.05, 0.1) is 12.0 Å². The highest BCUT2D eigenvalue weighted by Crippen LogP contribution is 2.26. The molecule has 1 unspecified atom stereocenters. The van der Waals surface area contributed by atoms with Crippen LogP contribution in [0.5, 0.6) is 0 Å². The minimum atomic E-state index is -0.710. The Morgan fingerprint density at radius 2 is 2.35 bits per heavy atom. The van der Waals surface area contributed by atoms with Crippen molar-refractivity contribution in [1.29, 1.82) is 0 Å². The quantitative estimate of drug-likeness (QED) is 0.619. The number of rotatable bonds is 5. The number of aromatic nitrogens is 1. The molecule has 1 rings (SSSR count). The summed E-state index contributed by atoms with van der Waals surface area (Å²) in [5.74, 6) is -0.255. The van der Waals surface area contributed by atoms with Crippen LogP contribution in [0, 0.1) is 5.41 Å². The van der Waals surface area contributed by atoms with Gasteiger partial charge in [0.25, 0.3) is 0 Å². The molecule has 0 amide bonds. The van der Waals surface area contributed by atoms with Gasteiger partial charge in [0.2, 0.25) is 0 Å². The molecular formula is C13H16BrNO2. The third kappa shape index (κ3) is 3.66. The van der Waals surface area contributed by atoms with Crippen molar-refractivity contribution in [2.24, 2.45) is 5.41 Å². The lowest BCUT2D eigenvalue weighted by Gasteiger charge is -2.23. The first-order valence-electron chi connectivity index (χ1n) is 5.42. The van der Waals surface area contributed by atoms with Gasteiger partial charge in [0.1, 0.15) is 0 Å². The SMILES string of the molecule is C=CC(C)(Cc1cncc(Br)c1)C(=O)OCC. The fourth-order valence-electron chi connectivity index (χ4n) is 1.50. The van der Waals surface area contributed by atoms with Crippen LogP contribution in [-0.2, 0) is 16.0 Å². The summed E-state index contributed by atoms with van der Waals surface area (Å²) < 4.78 is 5.95. The maximum atomic E-state index is 11.9. The van der Waals surface area contributed by atoms with Crippen LogP contribution in [0.15, 0.2) is 35.6 Å². The van der Waals surface area contributed by atoms with E-state index in [1.807, 2.05) is 13.0 Å². The van der Waals surface area contributed by atoms with Crippen molar-refractivity contribution in [3.8, 4) is 0 Å². The van der Waals surface area contributed by atoms with Gasteiger partial charge in [-0.2, -0.15) is 0 Å². The van der Waals surface area contributed by atoms with Crippen molar-refractivity contribution in [1.82, 2.24) is 4.98 Å². The number of nitrogens with zero attached hydrogens (tertiary/aromatic N) is 1. The number of carbonyl (C=O) groups is 1. The summed E-state index contributed by atoms with van der Waals surface area (Å²) in [6.45, 7) is 7.71. The molecule has 3 nitrogen and oxygen atoms in total. The zero-order valence-corrected chi connectivity index (χ0v) is 11.7. The van der Waals surface area contributed by atoms with E-state index >= 15 is 0 Å². The van der Waals surface area contributed by atoms with E-state index in [0.29, 0.717) is 13.0 Å². The number of pyridine rings is 1. The minimum Gasteiger partial charge on any atom is -0.465 e. The number of esters is 1. The van der Waals surface area contributed by atoms with E-state index in [1.54, 1.807) is 25.4 Å². The number of hydrogen-bond donors (Lipinski definition) is 0. The molecule has 0 aliphatic rings. The molecule has 1 aromatic heterocycles. The zero-order chi connectivity index (χ0) is 12.9. The minimum absolute atomic E-state index is 0.255. The van der Waals surface area contributed by atoms with Crippen LogP contribution in [0.3, 0.4) is 0 Å². The van der Waals surface area contributed by atoms with E-state index in [-0.39, 0.29) is 5.97 Å². The van der Waals surface area contributed by atoms with Gasteiger partial charge in [-0.3, -0.25) is 9.78 Å². The molecule has 0 fully saturated rings. The third-order valence-corrected chi connectivity index (χ3v) is 2.96. The van der Waals surface area contributed by atoms with Crippen molar-refractivity contribution in [3.63, 3.8) is 0 Å². The second kappa shape index (κ2) is 5.96. The van der Waals surface area contributed by atoms with Crippen LogP contribution < -0.4 is 0 Å². The molecule has 1 atom stereocenters. The predicted molar refractivity (Wildman–Crippen MR) is 70.6 cm³/mol. The number of halogens is 1. The first-order chi connectivity index (χ1) is 8.01. The van der Waals surface area contributed by atoms with Crippen LogP contribution in [0.25, 0.3) is 0 Å². The number of hydrogen-bond acceptors (Lipinski definition) is 3. The van der Waals surface area contributed by atoms with Crippen LogP contribution in [0.1, 0.15) is 19.4 Å². The first kappa shape index (κ1) is 13.9. The van der Waals surface area contributed by atoms with E-state index in [4.69, 9.17) is 4.74 Å². The van der Waals surface area contributed by atoms with Crippen molar-refractivity contribution in [2.75, 3.05) is 6.61 Å². The summed E-state index contributed by atoms with van der Waals surface area (Å²) in [6.07, 6.45) is 5.61. The van der Waals surface area contributed by atoms with Gasteiger partial charge in [0, 0.05) is 16.9 Å². The van der Waals surface area contributed by atoms with E-state index < -0.39 is 5.41 Å². The lowest BCUT2D eigenvalue weighted by molar-refractivity contribution is -0.151. The topological polar surface area (TPSA) is 39.2 Å². The molecule has 0 saturated heterocycles. The summed E-state index contributed by atoms with van der Waals surface area (Å²) >= 11 is 3.35. The molecule has 0 bridgehead atoms. The molecule has 4 heteroatoms. The second-order valence-corrected chi connectivity index (χ2v) is 4.95. The van der Waals surface area contributed by atoms with E-state index in [0.717, 1.165) is 10.0 Å². The maximum absolute atomic E-state index is 11.9. The highest BCUT2D eigenvalue weighted by Gasteiger charge is 2.31. The Hall–Kier alpha value is -1.16. The molecule has 0 aliphatic heterocycles. The molecule has 1 aromatic rings. The molecular weight excluding hydrogens is 282 g/mol. The molecule has 0 aromatic carbocycles. The summed E-state index contributed by atoms with van der Waals surface area (Å²) in [5, 5.41) is 0. The van der Waals surface area contributed by atoms with Crippen molar-refractivity contribution >= 4 is 21.9 Å². The first-order valence-corrected chi connectivity index (χ1v) is 6.21. The monoisotopic (exact) mass is 297 g/mol. The molecule has 92 valence electrons. The predicted octanol–water partition coefficient (Wildman–Crippen LogP) is 3.14. The summed E-state index contributed by atoms with van der Waals surface area (Å²) in [6, 6.07) is 1.94. The van der Waals surface area contributed by atoms with Crippen molar-refractivity contribution in [3.05, 3.63) is 41.2 Å². The van der Waals surface area contributed by atoms with Crippen LogP contribution >= 0.6 is 15.9 Å². The van der Waals surface area contributed by atoms with E-state index in [1.165, 1.54) is 0 Å². The lowest BCUT2D eigenvalue weighted by atomic mass is 9.84. The Bertz CT molecular complexity index is 420. The van der Waals surface area contributed by atoms with Gasteiger partial charge in [-0.15, -0.1) is 6.58 Å². The highest BCUT2D eigenvalue weighted by molar-refractivity contribution is 9.10. The third-order valence-electron chi connectivity index (χ3n) is 2.53. The molecule has 0 N–H and O–H groups in total. The Kier molecular flexibility index (Phi) is 4.87. The molecule has 0 spiro atoms. The van der Waals surface area contributed by atoms with Gasteiger partial charge in [-0.25, -0.2) is 0 Å². The molecule has 0 saturated carbocycles. The maximum Gasteiger partial charge on any atom is 0.315 e. The van der Waals surface area contributed by atoms with E-state index in [2.05, 4.69) is 27.5 Å². The Morgan fingerprint density at radius 1 is 1.65 bits per heavy atom. The van der Waals surface area contributed by atoms with Gasteiger partial charge >= 0.3 is 5.97 Å². The smallest absolute Gasteiger partial charge is 0.315 e. The Balaban J connectivity index is 2.89. The molecule has 1 heterocycles. The molecule has 0 radical (unpaired) electrons. The van der Waals surface area contributed by atoms with Crippen molar-refractivity contribution < 1.29 is 9.53 Å². The lowest BCUT2D eigenvalue weighted by Crippen LogP contribution is -2.30. The van der Waals surface area contributed by atoms with Crippen LogP contribution in [-0.4, -0.2) is 17.6 Å². The average Bonchev–Trinajstić information content (AvgIpc) is 2.29. The van der Waals surface area contributed by atoms with Gasteiger partial charge in [-0.05, 0) is 47.8 Å². The largest absolute Gasteiger partial charge is 0.465 e. The molecule has 0 aliphatic carbocycles. The fourth-order valence-corrected chi connectivity index (χ4v) is 1.91. The number of carbonyl (C=O) groups excluding carboxylic acids is 1. The molecule has 17 heavy (non-hydrogen) atoms. The highest BCUT2D eigenvalue weighted by atomic mass is 79.9. The van der Waals surface area contributed by atoms with Crippen LogP contribution in [0.4, 0.5) is 0 Å². The van der Waals surface area contributed by atoms with Crippen molar-refractivity contribution in [2.45, 2.75) is 20.3 Å². The number of ether oxygens (including phenoxy) is 1. The normalized spacial score (nSPS) is 13.8. The van der Waals surface area contributed by atoms with Crippen LogP contribution in [0.2, 0.25) is 0 Å². The fraction of sp³-hybridized carbons (Fsp3) is 0.385. The summed E-state index contributed by atoms with van der Waals surface area (Å²) in [7, 11) is 0. The standard InChI is InChI=1S/C13H16BrNO2/c1-4-13(3,12(16)17-5-2)7-10-6-11(14)9-15-8-10/h4,6,8-9H,1,5,7H2,2-3H3. The van der Waals surface area contributed by atoms with E-state index in [9.17, 15) is 4.79 Å². The second-order valence-electron chi connectivity index (χ2n) is 4.03. The Morgan fingerprint density at radius 3 is 2.88 bits per heavy atom. The zero-order valence-electron chi connectivity index (χ0n) is 10.1. The van der Waals surface area contributed by atoms with Gasteiger partial charge in [0.15, 0.2) is 0 Å². The summed E-state index contributed by atoms with van der Waals surface area (Å²) in [5.41, 5.74) is 0.258.